The van der Waals surface area contributed by atoms with Crippen molar-refractivity contribution in [3.05, 3.63) is 41.7 Å². The van der Waals surface area contributed by atoms with Crippen LogP contribution in [0, 0.1) is 5.95 Å². The summed E-state index contributed by atoms with van der Waals surface area (Å²) >= 11 is 0. The topological polar surface area (TPSA) is 80.9 Å². The Kier molecular flexibility index (Phi) is 4.53. The van der Waals surface area contributed by atoms with E-state index in [0.29, 0.717) is 17.1 Å². The number of hydrogen-bond donors (Lipinski definition) is 1. The quantitative estimate of drug-likeness (QED) is 0.623. The SMILES string of the molecule is O=C(O)c1cc(-c2ccc(F)nc2)c2c(C3CCC3)nn(C3CCCCC3)c2n1. The van der Waals surface area contributed by atoms with Crippen LogP contribution in [0.4, 0.5) is 4.39 Å². The van der Waals surface area contributed by atoms with E-state index in [-0.39, 0.29) is 11.7 Å². The minimum atomic E-state index is -1.08. The summed E-state index contributed by atoms with van der Waals surface area (Å²) in [6, 6.07) is 4.77. The third kappa shape index (κ3) is 3.18. The van der Waals surface area contributed by atoms with Crippen molar-refractivity contribution in [2.45, 2.75) is 63.3 Å². The molecule has 0 atom stereocenters. The fourth-order valence-corrected chi connectivity index (χ4v) is 4.58. The highest BCUT2D eigenvalue weighted by Crippen LogP contribution is 2.43. The van der Waals surface area contributed by atoms with Crippen molar-refractivity contribution in [1.29, 1.82) is 0 Å². The van der Waals surface area contributed by atoms with Crippen molar-refractivity contribution >= 4 is 17.0 Å². The van der Waals surface area contributed by atoms with E-state index in [9.17, 15) is 14.3 Å². The van der Waals surface area contributed by atoms with Gasteiger partial charge in [-0.1, -0.05) is 25.7 Å². The molecule has 150 valence electrons. The molecule has 2 saturated carbocycles. The van der Waals surface area contributed by atoms with Gasteiger partial charge in [-0.2, -0.15) is 9.49 Å². The molecule has 1 N–H and O–H groups in total. The number of carbonyl (C=O) groups is 1. The Hall–Kier alpha value is -2.83. The van der Waals surface area contributed by atoms with E-state index >= 15 is 0 Å². The van der Waals surface area contributed by atoms with Crippen molar-refractivity contribution < 1.29 is 14.3 Å². The second kappa shape index (κ2) is 7.21. The highest BCUT2D eigenvalue weighted by atomic mass is 19.1. The van der Waals surface area contributed by atoms with Gasteiger partial charge in [0.05, 0.1) is 17.1 Å². The molecule has 3 aromatic rings. The zero-order chi connectivity index (χ0) is 20.0. The predicted octanol–water partition coefficient (Wildman–Crippen LogP) is 5.10. The van der Waals surface area contributed by atoms with Gasteiger partial charge in [0, 0.05) is 17.7 Å². The standard InChI is InChI=1S/C22H23FN4O2/c23-18-10-9-14(12-24-18)16-11-17(22(28)29)25-21-19(16)20(13-5-4-6-13)26-27(21)15-7-2-1-3-8-15/h9-13,15H,1-8H2,(H,28,29). The maximum absolute atomic E-state index is 13.4. The molecule has 3 aromatic heterocycles. The zero-order valence-electron chi connectivity index (χ0n) is 16.1. The average molecular weight is 394 g/mol. The first-order valence-electron chi connectivity index (χ1n) is 10.4. The number of carboxylic acid groups (broad SMARTS) is 1. The summed E-state index contributed by atoms with van der Waals surface area (Å²) in [5.41, 5.74) is 3.03. The van der Waals surface area contributed by atoms with E-state index < -0.39 is 11.9 Å². The number of carboxylic acids is 1. The van der Waals surface area contributed by atoms with Gasteiger partial charge in [0.15, 0.2) is 11.3 Å². The van der Waals surface area contributed by atoms with E-state index in [1.807, 2.05) is 4.68 Å². The Morgan fingerprint density at radius 1 is 1.10 bits per heavy atom. The second-order valence-electron chi connectivity index (χ2n) is 8.18. The van der Waals surface area contributed by atoms with Gasteiger partial charge in [-0.05, 0) is 49.4 Å². The predicted molar refractivity (Wildman–Crippen MR) is 106 cm³/mol. The fourth-order valence-electron chi connectivity index (χ4n) is 4.58. The number of hydrogen-bond acceptors (Lipinski definition) is 4. The Bertz CT molecular complexity index is 1070. The molecule has 0 bridgehead atoms. The van der Waals surface area contributed by atoms with E-state index in [1.165, 1.54) is 25.1 Å². The maximum Gasteiger partial charge on any atom is 0.354 e. The first kappa shape index (κ1) is 18.2. The smallest absolute Gasteiger partial charge is 0.354 e. The summed E-state index contributed by atoms with van der Waals surface area (Å²) in [4.78, 5) is 20.1. The molecule has 0 spiro atoms. The van der Waals surface area contributed by atoms with Gasteiger partial charge in [-0.15, -0.1) is 0 Å². The summed E-state index contributed by atoms with van der Waals surface area (Å²) < 4.78 is 15.4. The van der Waals surface area contributed by atoms with Crippen molar-refractivity contribution in [2.75, 3.05) is 0 Å². The molecule has 0 saturated heterocycles. The molecule has 0 radical (unpaired) electrons. The van der Waals surface area contributed by atoms with E-state index in [2.05, 4.69) is 9.97 Å². The largest absolute Gasteiger partial charge is 0.477 e. The van der Waals surface area contributed by atoms with Crippen LogP contribution in [0.5, 0.6) is 0 Å². The van der Waals surface area contributed by atoms with Gasteiger partial charge < -0.3 is 5.11 Å². The van der Waals surface area contributed by atoms with E-state index in [1.54, 1.807) is 12.1 Å². The number of aromatic carboxylic acids is 1. The van der Waals surface area contributed by atoms with Crippen LogP contribution in [-0.2, 0) is 0 Å². The molecule has 0 aromatic carbocycles. The van der Waals surface area contributed by atoms with Crippen LogP contribution >= 0.6 is 0 Å². The van der Waals surface area contributed by atoms with Crippen LogP contribution in [0.25, 0.3) is 22.2 Å². The van der Waals surface area contributed by atoms with Crippen molar-refractivity contribution in [3.8, 4) is 11.1 Å². The van der Waals surface area contributed by atoms with Crippen LogP contribution in [0.3, 0.4) is 0 Å². The first-order valence-corrected chi connectivity index (χ1v) is 10.4. The number of aromatic nitrogens is 4. The number of halogens is 1. The van der Waals surface area contributed by atoms with Gasteiger partial charge in [0.1, 0.15) is 0 Å². The Labute approximate surface area is 167 Å². The molecule has 3 heterocycles. The molecular formula is C22H23FN4O2. The second-order valence-corrected chi connectivity index (χ2v) is 8.18. The van der Waals surface area contributed by atoms with Crippen LogP contribution in [0.2, 0.25) is 0 Å². The van der Waals surface area contributed by atoms with Crippen LogP contribution < -0.4 is 0 Å². The molecule has 6 nitrogen and oxygen atoms in total. The highest BCUT2D eigenvalue weighted by molar-refractivity contribution is 5.99. The summed E-state index contributed by atoms with van der Waals surface area (Å²) in [7, 11) is 0. The van der Waals surface area contributed by atoms with Gasteiger partial charge in [-0.3, -0.25) is 0 Å². The van der Waals surface area contributed by atoms with Crippen LogP contribution in [0.15, 0.2) is 24.4 Å². The maximum atomic E-state index is 13.4. The summed E-state index contributed by atoms with van der Waals surface area (Å²) in [5, 5.41) is 15.6. The number of nitrogens with zero attached hydrogens (tertiary/aromatic N) is 4. The number of fused-ring (bicyclic) bond motifs is 1. The van der Waals surface area contributed by atoms with Crippen LogP contribution in [-0.4, -0.2) is 30.8 Å². The van der Waals surface area contributed by atoms with Gasteiger partial charge in [0.2, 0.25) is 5.95 Å². The average Bonchev–Trinajstić information content (AvgIpc) is 3.06. The van der Waals surface area contributed by atoms with E-state index in [0.717, 1.165) is 55.2 Å². The lowest BCUT2D eigenvalue weighted by Crippen LogP contribution is -2.16. The number of rotatable bonds is 4. The van der Waals surface area contributed by atoms with Crippen molar-refractivity contribution in [2.24, 2.45) is 0 Å². The zero-order valence-corrected chi connectivity index (χ0v) is 16.1. The summed E-state index contributed by atoms with van der Waals surface area (Å²) in [5.74, 6) is -1.27. The lowest BCUT2D eigenvalue weighted by molar-refractivity contribution is 0.0691. The molecule has 0 amide bonds. The lowest BCUT2D eigenvalue weighted by atomic mass is 9.81. The normalized spacial score (nSPS) is 18.1. The molecule has 2 aliphatic carbocycles. The lowest BCUT2D eigenvalue weighted by Gasteiger charge is -2.24. The fraction of sp³-hybridized carbons (Fsp3) is 0.455. The Morgan fingerprint density at radius 2 is 1.90 bits per heavy atom. The third-order valence-corrected chi connectivity index (χ3v) is 6.36. The molecule has 7 heteroatoms. The molecular weight excluding hydrogens is 371 g/mol. The molecule has 29 heavy (non-hydrogen) atoms. The Morgan fingerprint density at radius 3 is 2.52 bits per heavy atom. The highest BCUT2D eigenvalue weighted by Gasteiger charge is 2.31. The molecule has 2 aliphatic rings. The molecule has 2 fully saturated rings. The summed E-state index contributed by atoms with van der Waals surface area (Å²) in [6.45, 7) is 0. The summed E-state index contributed by atoms with van der Waals surface area (Å²) in [6.07, 6.45) is 10.4. The van der Waals surface area contributed by atoms with Crippen LogP contribution in [0.1, 0.15) is 79.5 Å². The minimum Gasteiger partial charge on any atom is -0.477 e. The minimum absolute atomic E-state index is 0.0195. The van der Waals surface area contributed by atoms with E-state index in [4.69, 9.17) is 5.10 Å². The van der Waals surface area contributed by atoms with Gasteiger partial charge in [0.25, 0.3) is 0 Å². The van der Waals surface area contributed by atoms with Crippen molar-refractivity contribution in [3.63, 3.8) is 0 Å². The third-order valence-electron chi connectivity index (χ3n) is 6.36. The van der Waals surface area contributed by atoms with Gasteiger partial charge in [-0.25, -0.2) is 19.4 Å². The monoisotopic (exact) mass is 394 g/mol. The van der Waals surface area contributed by atoms with Gasteiger partial charge >= 0.3 is 5.97 Å². The first-order chi connectivity index (χ1) is 14.1. The Balaban J connectivity index is 1.78. The number of pyridine rings is 2. The molecule has 0 aliphatic heterocycles. The molecule has 0 unspecified atom stereocenters. The molecule has 5 rings (SSSR count). The van der Waals surface area contributed by atoms with Crippen molar-refractivity contribution in [1.82, 2.24) is 19.7 Å².